The van der Waals surface area contributed by atoms with Gasteiger partial charge < -0.3 is 19.5 Å². The highest BCUT2D eigenvalue weighted by atomic mass is 19.1. The summed E-state index contributed by atoms with van der Waals surface area (Å²) in [6.07, 6.45) is 2.71. The fourth-order valence-electron chi connectivity index (χ4n) is 5.40. The van der Waals surface area contributed by atoms with Gasteiger partial charge in [0.25, 0.3) is 11.5 Å². The zero-order chi connectivity index (χ0) is 29.1. The molecule has 1 saturated heterocycles. The van der Waals surface area contributed by atoms with Crippen LogP contribution in [-0.2, 0) is 34.6 Å². The van der Waals surface area contributed by atoms with Gasteiger partial charge in [0.2, 0.25) is 5.75 Å². The van der Waals surface area contributed by atoms with Crippen LogP contribution in [0.1, 0.15) is 46.1 Å². The second kappa shape index (κ2) is 11.8. The number of ether oxygens (including phenoxy) is 3. The lowest BCUT2D eigenvalue weighted by atomic mass is 9.80. The molecule has 1 spiro atoms. The van der Waals surface area contributed by atoms with Gasteiger partial charge in [0.05, 0.1) is 30.9 Å². The molecule has 218 valence electrons. The molecule has 2 aromatic heterocycles. The number of amides is 1. The quantitative estimate of drug-likeness (QED) is 0.358. The van der Waals surface area contributed by atoms with Gasteiger partial charge in [-0.3, -0.25) is 14.2 Å². The predicted octanol–water partition coefficient (Wildman–Crippen LogP) is 2.86. The average molecular weight is 575 g/mol. The molecule has 4 aromatic rings. The summed E-state index contributed by atoms with van der Waals surface area (Å²) in [5.41, 5.74) is 0.780. The molecule has 2 aliphatic heterocycles. The minimum atomic E-state index is -0.587. The molecule has 0 unspecified atom stereocenters. The van der Waals surface area contributed by atoms with E-state index < -0.39 is 22.7 Å². The first-order valence-corrected chi connectivity index (χ1v) is 13.9. The molecule has 4 heterocycles. The number of hydrogen-bond donors (Lipinski definition) is 1. The highest BCUT2D eigenvalue weighted by Crippen LogP contribution is 2.36. The smallest absolute Gasteiger partial charge is 0.296 e. The van der Waals surface area contributed by atoms with E-state index in [-0.39, 0.29) is 24.6 Å². The van der Waals surface area contributed by atoms with Crippen LogP contribution in [0.5, 0.6) is 5.75 Å². The Hall–Kier alpha value is -4.42. The van der Waals surface area contributed by atoms with Crippen LogP contribution in [0.2, 0.25) is 0 Å². The molecule has 2 aliphatic rings. The van der Waals surface area contributed by atoms with Crippen molar-refractivity contribution in [2.75, 3.05) is 26.4 Å². The summed E-state index contributed by atoms with van der Waals surface area (Å²) in [4.78, 5) is 36.7. The zero-order valence-corrected chi connectivity index (χ0v) is 23.2. The second-order valence-corrected chi connectivity index (χ2v) is 10.5. The normalized spacial score (nSPS) is 16.0. The topological polar surface area (TPSA) is 122 Å². The van der Waals surface area contributed by atoms with E-state index in [0.29, 0.717) is 68.7 Å². The highest BCUT2D eigenvalue weighted by Gasteiger charge is 2.42. The number of hydrogen-bond acceptors (Lipinski definition) is 8. The first kappa shape index (κ1) is 27.7. The molecule has 0 saturated carbocycles. The molecule has 0 aliphatic carbocycles. The van der Waals surface area contributed by atoms with Gasteiger partial charge in [-0.2, -0.15) is 5.10 Å². The summed E-state index contributed by atoms with van der Waals surface area (Å²) in [5.74, 6) is -0.137. The Morgan fingerprint density at radius 3 is 2.69 bits per heavy atom. The number of fused-ring (bicyclic) bond motifs is 2. The number of nitrogens with zero attached hydrogens (tertiary/aromatic N) is 5. The molecule has 0 atom stereocenters. The first-order valence-electron chi connectivity index (χ1n) is 13.9. The van der Waals surface area contributed by atoms with Crippen molar-refractivity contribution in [3.8, 4) is 11.4 Å². The second-order valence-electron chi connectivity index (χ2n) is 10.5. The van der Waals surface area contributed by atoms with Gasteiger partial charge in [-0.1, -0.05) is 36.4 Å². The van der Waals surface area contributed by atoms with E-state index >= 15 is 0 Å². The standard InChI is InChI=1S/C30H31FN6O5/c1-20-33-19-37(35-20)24-15-23(31)8-7-22(24)16-32-27(38)25-26(42-17-21-5-3-2-4-6-21)28(39)36-11-14-41-18-30(29(36)34-25)9-12-40-13-10-30/h2-8,15,19H,9-14,16-18H2,1H3,(H,32,38). The van der Waals surface area contributed by atoms with Crippen molar-refractivity contribution in [1.82, 2.24) is 29.6 Å². The van der Waals surface area contributed by atoms with E-state index in [1.165, 1.54) is 23.1 Å². The van der Waals surface area contributed by atoms with Gasteiger partial charge >= 0.3 is 0 Å². The molecule has 12 heteroatoms. The van der Waals surface area contributed by atoms with Crippen LogP contribution >= 0.6 is 0 Å². The van der Waals surface area contributed by atoms with E-state index in [1.54, 1.807) is 17.6 Å². The van der Waals surface area contributed by atoms with E-state index in [9.17, 15) is 14.0 Å². The Morgan fingerprint density at radius 1 is 1.12 bits per heavy atom. The Labute approximate surface area is 241 Å². The maximum Gasteiger partial charge on any atom is 0.296 e. The number of benzene rings is 2. The van der Waals surface area contributed by atoms with Crippen LogP contribution < -0.4 is 15.6 Å². The molecule has 1 fully saturated rings. The molecule has 1 amide bonds. The number of carbonyl (C=O) groups is 1. The molecular weight excluding hydrogens is 543 g/mol. The third-order valence-electron chi connectivity index (χ3n) is 7.67. The molecule has 0 bridgehead atoms. The maximum absolute atomic E-state index is 14.2. The van der Waals surface area contributed by atoms with Crippen LogP contribution in [0.3, 0.4) is 0 Å². The van der Waals surface area contributed by atoms with Crippen LogP contribution in [0, 0.1) is 12.7 Å². The minimum Gasteiger partial charge on any atom is -0.481 e. The molecule has 42 heavy (non-hydrogen) atoms. The number of carbonyl (C=O) groups excluding carboxylic acids is 1. The number of aryl methyl sites for hydroxylation is 1. The van der Waals surface area contributed by atoms with E-state index in [2.05, 4.69) is 15.4 Å². The minimum absolute atomic E-state index is 0.0215. The largest absolute Gasteiger partial charge is 0.481 e. The van der Waals surface area contributed by atoms with E-state index in [0.717, 1.165) is 5.56 Å². The number of aromatic nitrogens is 5. The summed E-state index contributed by atoms with van der Waals surface area (Å²) in [6.45, 7) is 3.86. The Bertz CT molecular complexity index is 1650. The van der Waals surface area contributed by atoms with Gasteiger partial charge in [-0.15, -0.1) is 0 Å². The number of rotatable bonds is 7. The highest BCUT2D eigenvalue weighted by molar-refractivity contribution is 5.94. The van der Waals surface area contributed by atoms with Gasteiger partial charge in [0.1, 0.15) is 30.4 Å². The van der Waals surface area contributed by atoms with Crippen LogP contribution in [0.15, 0.2) is 59.7 Å². The molecule has 2 aromatic carbocycles. The Balaban J connectivity index is 1.37. The Morgan fingerprint density at radius 2 is 1.93 bits per heavy atom. The first-order chi connectivity index (χ1) is 20.4. The van der Waals surface area contributed by atoms with Crippen molar-refractivity contribution in [1.29, 1.82) is 0 Å². The fraction of sp³-hybridized carbons (Fsp3) is 0.367. The summed E-state index contributed by atoms with van der Waals surface area (Å²) in [5, 5.41) is 7.14. The molecular formula is C30H31FN6O5. The van der Waals surface area contributed by atoms with Crippen molar-refractivity contribution in [3.63, 3.8) is 0 Å². The summed E-state index contributed by atoms with van der Waals surface area (Å²) < 4.78 is 34.8. The summed E-state index contributed by atoms with van der Waals surface area (Å²) in [6, 6.07) is 13.6. The van der Waals surface area contributed by atoms with Crippen molar-refractivity contribution < 1.29 is 23.4 Å². The van der Waals surface area contributed by atoms with E-state index in [1.807, 2.05) is 30.3 Å². The van der Waals surface area contributed by atoms with Gasteiger partial charge in [-0.25, -0.2) is 19.0 Å². The Kier molecular flexibility index (Phi) is 7.81. The fourth-order valence-corrected chi connectivity index (χ4v) is 5.40. The van der Waals surface area contributed by atoms with Crippen molar-refractivity contribution >= 4 is 5.91 Å². The molecule has 6 rings (SSSR count). The lowest BCUT2D eigenvalue weighted by molar-refractivity contribution is 0.00412. The summed E-state index contributed by atoms with van der Waals surface area (Å²) in [7, 11) is 0. The average Bonchev–Trinajstić information content (AvgIpc) is 3.37. The van der Waals surface area contributed by atoms with Crippen molar-refractivity contribution in [3.05, 3.63) is 99.5 Å². The SMILES string of the molecule is Cc1ncn(-c2cc(F)ccc2CNC(=O)c2nc3n(c(=O)c2OCc2ccccc2)CCOCC32CCOCC2)n1. The molecule has 11 nitrogen and oxygen atoms in total. The van der Waals surface area contributed by atoms with Crippen LogP contribution in [0.4, 0.5) is 4.39 Å². The van der Waals surface area contributed by atoms with Crippen LogP contribution in [-0.4, -0.2) is 56.7 Å². The molecule has 1 N–H and O–H groups in total. The zero-order valence-electron chi connectivity index (χ0n) is 23.2. The van der Waals surface area contributed by atoms with Crippen molar-refractivity contribution in [2.45, 2.75) is 44.9 Å². The third kappa shape index (κ3) is 5.55. The number of halogens is 1. The lowest BCUT2D eigenvalue weighted by Crippen LogP contribution is -2.43. The maximum atomic E-state index is 14.2. The summed E-state index contributed by atoms with van der Waals surface area (Å²) >= 11 is 0. The monoisotopic (exact) mass is 574 g/mol. The third-order valence-corrected chi connectivity index (χ3v) is 7.67. The van der Waals surface area contributed by atoms with Crippen molar-refractivity contribution in [2.24, 2.45) is 0 Å². The van der Waals surface area contributed by atoms with Gasteiger partial charge in [0.15, 0.2) is 5.69 Å². The van der Waals surface area contributed by atoms with Gasteiger partial charge in [-0.05, 0) is 43.0 Å². The van der Waals surface area contributed by atoms with Gasteiger partial charge in [0, 0.05) is 19.8 Å². The number of nitrogens with one attached hydrogen (secondary N) is 1. The predicted molar refractivity (Wildman–Crippen MR) is 149 cm³/mol. The molecule has 0 radical (unpaired) electrons. The van der Waals surface area contributed by atoms with E-state index in [4.69, 9.17) is 19.2 Å². The van der Waals surface area contributed by atoms with Crippen LogP contribution in [0.25, 0.3) is 5.69 Å². The lowest BCUT2D eigenvalue weighted by Gasteiger charge is -2.36.